The van der Waals surface area contributed by atoms with Crippen LogP contribution in [0.25, 0.3) is 0 Å². The summed E-state index contributed by atoms with van der Waals surface area (Å²) >= 11 is 1.56. The maximum Gasteiger partial charge on any atom is 0.326 e. The van der Waals surface area contributed by atoms with Gasteiger partial charge in [0.1, 0.15) is 12.1 Å². The van der Waals surface area contributed by atoms with Gasteiger partial charge in [-0.15, -0.1) is 0 Å². The fourth-order valence-electron chi connectivity index (χ4n) is 1.71. The molecule has 98 valence electrons. The van der Waals surface area contributed by atoms with E-state index in [1.165, 1.54) is 0 Å². The summed E-state index contributed by atoms with van der Waals surface area (Å²) in [7, 11) is 0. The highest BCUT2D eigenvalue weighted by atomic mass is 32.2. The molecule has 2 atom stereocenters. The molecule has 0 aliphatic carbocycles. The number of carbonyl (C=O) groups excluding carboxylic acids is 1. The molecule has 1 aliphatic heterocycles. The van der Waals surface area contributed by atoms with Crippen LogP contribution in [-0.4, -0.2) is 47.7 Å². The van der Waals surface area contributed by atoms with Gasteiger partial charge in [-0.1, -0.05) is 0 Å². The van der Waals surface area contributed by atoms with Crippen molar-refractivity contribution in [3.8, 4) is 0 Å². The fraction of sp³-hybridized carbons (Fsp3) is 0.818. The fourth-order valence-corrected chi connectivity index (χ4v) is 2.18. The van der Waals surface area contributed by atoms with Crippen LogP contribution in [0.15, 0.2) is 0 Å². The highest BCUT2D eigenvalue weighted by molar-refractivity contribution is 7.98. The van der Waals surface area contributed by atoms with Crippen LogP contribution in [0.2, 0.25) is 0 Å². The van der Waals surface area contributed by atoms with Crippen LogP contribution in [-0.2, 0) is 14.3 Å². The van der Waals surface area contributed by atoms with Crippen LogP contribution in [0.3, 0.4) is 0 Å². The molecular formula is C11H19NO4S. The number of hydrogen-bond acceptors (Lipinski definition) is 4. The first-order valence-electron chi connectivity index (χ1n) is 5.79. The molecule has 1 fully saturated rings. The lowest BCUT2D eigenvalue weighted by atomic mass is 10.1. The average Bonchev–Trinajstić information content (AvgIpc) is 2.35. The van der Waals surface area contributed by atoms with Gasteiger partial charge in [0, 0.05) is 6.61 Å². The predicted molar refractivity (Wildman–Crippen MR) is 66.2 cm³/mol. The lowest BCUT2D eigenvalue weighted by Gasteiger charge is -2.23. The van der Waals surface area contributed by atoms with Gasteiger partial charge in [0.25, 0.3) is 0 Å². The predicted octanol–water partition coefficient (Wildman–Crippen LogP) is 0.878. The topological polar surface area (TPSA) is 75.6 Å². The molecule has 1 amide bonds. The van der Waals surface area contributed by atoms with Gasteiger partial charge >= 0.3 is 5.97 Å². The van der Waals surface area contributed by atoms with Gasteiger partial charge in [-0.25, -0.2) is 4.79 Å². The zero-order valence-corrected chi connectivity index (χ0v) is 10.8. The minimum Gasteiger partial charge on any atom is -0.480 e. The molecule has 0 spiro atoms. The summed E-state index contributed by atoms with van der Waals surface area (Å²) < 4.78 is 5.31. The molecule has 1 rings (SSSR count). The van der Waals surface area contributed by atoms with Crippen molar-refractivity contribution in [1.82, 2.24) is 5.32 Å². The Morgan fingerprint density at radius 1 is 1.53 bits per heavy atom. The Labute approximate surface area is 105 Å². The molecule has 1 saturated heterocycles. The number of carboxylic acids is 1. The van der Waals surface area contributed by atoms with Crippen LogP contribution in [0.1, 0.15) is 25.7 Å². The summed E-state index contributed by atoms with van der Waals surface area (Å²) in [5.74, 6) is -0.565. The van der Waals surface area contributed by atoms with E-state index < -0.39 is 18.1 Å². The Kier molecular flexibility index (Phi) is 6.36. The van der Waals surface area contributed by atoms with Crippen molar-refractivity contribution in [1.29, 1.82) is 0 Å². The third kappa shape index (κ3) is 4.95. The van der Waals surface area contributed by atoms with E-state index in [2.05, 4.69) is 5.32 Å². The second kappa shape index (κ2) is 7.55. The van der Waals surface area contributed by atoms with Gasteiger partial charge in [0.05, 0.1) is 0 Å². The van der Waals surface area contributed by atoms with Gasteiger partial charge in [0.2, 0.25) is 5.91 Å². The van der Waals surface area contributed by atoms with Crippen LogP contribution in [0.5, 0.6) is 0 Å². The molecule has 6 heteroatoms. The van der Waals surface area contributed by atoms with E-state index in [1.807, 2.05) is 6.26 Å². The summed E-state index contributed by atoms with van der Waals surface area (Å²) in [6.07, 6.45) is 4.49. The molecular weight excluding hydrogens is 242 g/mol. The maximum atomic E-state index is 11.8. The number of rotatable bonds is 6. The van der Waals surface area contributed by atoms with Gasteiger partial charge in [0.15, 0.2) is 0 Å². The first-order valence-corrected chi connectivity index (χ1v) is 7.18. The molecule has 2 N–H and O–H groups in total. The van der Waals surface area contributed by atoms with Crippen LogP contribution >= 0.6 is 11.8 Å². The number of aliphatic carboxylic acids is 1. The largest absolute Gasteiger partial charge is 0.480 e. The first kappa shape index (κ1) is 14.3. The normalized spacial score (nSPS) is 21.8. The van der Waals surface area contributed by atoms with Crippen molar-refractivity contribution in [2.24, 2.45) is 0 Å². The molecule has 0 saturated carbocycles. The third-order valence-electron chi connectivity index (χ3n) is 2.70. The van der Waals surface area contributed by atoms with E-state index in [0.29, 0.717) is 25.2 Å². The van der Waals surface area contributed by atoms with Gasteiger partial charge in [-0.3, -0.25) is 4.79 Å². The van der Waals surface area contributed by atoms with Crippen molar-refractivity contribution in [3.05, 3.63) is 0 Å². The van der Waals surface area contributed by atoms with Crippen molar-refractivity contribution in [3.63, 3.8) is 0 Å². The lowest BCUT2D eigenvalue weighted by molar-refractivity contribution is -0.145. The minimum atomic E-state index is -0.983. The van der Waals surface area contributed by atoms with E-state index in [1.54, 1.807) is 11.8 Å². The number of thioether (sulfide) groups is 1. The molecule has 5 nitrogen and oxygen atoms in total. The zero-order chi connectivity index (χ0) is 12.7. The van der Waals surface area contributed by atoms with Crippen LogP contribution in [0, 0.1) is 0 Å². The van der Waals surface area contributed by atoms with Gasteiger partial charge in [-0.05, 0) is 37.7 Å². The van der Waals surface area contributed by atoms with Crippen molar-refractivity contribution < 1.29 is 19.4 Å². The second-order valence-electron chi connectivity index (χ2n) is 4.04. The molecule has 17 heavy (non-hydrogen) atoms. The van der Waals surface area contributed by atoms with Crippen molar-refractivity contribution in [2.75, 3.05) is 18.6 Å². The van der Waals surface area contributed by atoms with E-state index in [4.69, 9.17) is 9.84 Å². The molecule has 1 aliphatic rings. The minimum absolute atomic E-state index is 0.293. The molecule has 0 bridgehead atoms. The monoisotopic (exact) mass is 261 g/mol. The molecule has 0 aromatic rings. The van der Waals surface area contributed by atoms with Crippen LogP contribution in [0.4, 0.5) is 0 Å². The summed E-state index contributed by atoms with van der Waals surface area (Å²) in [5, 5.41) is 11.5. The average molecular weight is 261 g/mol. The number of amides is 1. The molecule has 0 radical (unpaired) electrons. The van der Waals surface area contributed by atoms with E-state index in [9.17, 15) is 9.59 Å². The van der Waals surface area contributed by atoms with E-state index in [-0.39, 0.29) is 5.91 Å². The Morgan fingerprint density at radius 3 is 2.82 bits per heavy atom. The Morgan fingerprint density at radius 2 is 2.29 bits per heavy atom. The summed E-state index contributed by atoms with van der Waals surface area (Å²) in [6, 6.07) is -0.805. The standard InChI is InChI=1S/C11H19NO4S/c1-17-7-5-8(11(14)15)12-10(13)9-4-2-3-6-16-9/h8-9H,2-7H2,1H3,(H,12,13)(H,14,15). The molecule has 0 aromatic carbocycles. The number of hydrogen-bond donors (Lipinski definition) is 2. The number of carbonyl (C=O) groups is 2. The number of carboxylic acid groups (broad SMARTS) is 1. The Balaban J connectivity index is 2.42. The number of nitrogens with one attached hydrogen (secondary N) is 1. The smallest absolute Gasteiger partial charge is 0.326 e. The Hall–Kier alpha value is -0.750. The van der Waals surface area contributed by atoms with Crippen molar-refractivity contribution >= 4 is 23.6 Å². The zero-order valence-electron chi connectivity index (χ0n) is 9.98. The summed E-state index contributed by atoms with van der Waals surface area (Å²) in [6.45, 7) is 0.584. The molecule has 2 unspecified atom stereocenters. The summed E-state index contributed by atoms with van der Waals surface area (Å²) in [5.41, 5.74) is 0. The molecule has 1 heterocycles. The van der Waals surface area contributed by atoms with Crippen LogP contribution < -0.4 is 5.32 Å². The quantitative estimate of drug-likeness (QED) is 0.742. The highest BCUT2D eigenvalue weighted by Gasteiger charge is 2.26. The van der Waals surface area contributed by atoms with E-state index >= 15 is 0 Å². The SMILES string of the molecule is CSCCC(NC(=O)C1CCCCO1)C(=O)O. The van der Waals surface area contributed by atoms with Crippen molar-refractivity contribution in [2.45, 2.75) is 37.8 Å². The second-order valence-corrected chi connectivity index (χ2v) is 5.02. The molecule has 0 aromatic heterocycles. The first-order chi connectivity index (χ1) is 8.15. The third-order valence-corrected chi connectivity index (χ3v) is 3.34. The van der Waals surface area contributed by atoms with Gasteiger partial charge < -0.3 is 15.2 Å². The maximum absolute atomic E-state index is 11.8. The summed E-state index contributed by atoms with van der Waals surface area (Å²) in [4.78, 5) is 22.7. The van der Waals surface area contributed by atoms with Gasteiger partial charge in [-0.2, -0.15) is 11.8 Å². The highest BCUT2D eigenvalue weighted by Crippen LogP contribution is 2.13. The van der Waals surface area contributed by atoms with E-state index in [0.717, 1.165) is 12.8 Å². The Bertz CT molecular complexity index is 266. The number of ether oxygens (including phenoxy) is 1. The lowest BCUT2D eigenvalue weighted by Crippen LogP contribution is -2.47.